The van der Waals surface area contributed by atoms with Crippen LogP contribution in [0.15, 0.2) is 30.3 Å². The molecule has 0 aliphatic heterocycles. The Morgan fingerprint density at radius 2 is 2.00 bits per heavy atom. The van der Waals surface area contributed by atoms with Gasteiger partial charge in [0.1, 0.15) is 0 Å². The predicted molar refractivity (Wildman–Crippen MR) is 57.0 cm³/mol. The van der Waals surface area contributed by atoms with Crippen molar-refractivity contribution in [2.24, 2.45) is 0 Å². The van der Waals surface area contributed by atoms with Gasteiger partial charge in [-0.2, -0.15) is 0 Å². The Morgan fingerprint density at radius 3 is 2.50 bits per heavy atom. The largest absolute Gasteiger partial charge is 0.478 e. The molecule has 0 saturated carbocycles. The summed E-state index contributed by atoms with van der Waals surface area (Å²) in [6.45, 7) is 1.87. The van der Waals surface area contributed by atoms with Gasteiger partial charge in [-0.05, 0) is 19.1 Å². The van der Waals surface area contributed by atoms with Crippen LogP contribution in [0.4, 0.5) is 0 Å². The van der Waals surface area contributed by atoms with Gasteiger partial charge in [0.05, 0.1) is 0 Å². The molecule has 16 heavy (non-hydrogen) atoms. The van der Waals surface area contributed by atoms with Crippen LogP contribution in [0, 0.1) is 0 Å². The zero-order chi connectivity index (χ0) is 12.0. The molecule has 1 rings (SSSR count). The molecule has 1 unspecified atom stereocenters. The number of rotatable bonds is 5. The average molecular weight is 223 g/mol. The summed E-state index contributed by atoms with van der Waals surface area (Å²) in [5.41, 5.74) is 0.397. The Hall–Kier alpha value is -1.88. The van der Waals surface area contributed by atoms with Gasteiger partial charge in [0.15, 0.2) is 0 Å². The van der Waals surface area contributed by atoms with E-state index in [4.69, 9.17) is 9.84 Å². The lowest BCUT2D eigenvalue weighted by molar-refractivity contribution is -0.151. The van der Waals surface area contributed by atoms with Crippen LogP contribution in [0.3, 0.4) is 0 Å². The van der Waals surface area contributed by atoms with Gasteiger partial charge in [0, 0.05) is 12.2 Å². The molecule has 0 aliphatic rings. The number of carbonyl (C=O) groups excluding carboxylic acids is 1. The molecule has 2 N–H and O–H groups in total. The van der Waals surface area contributed by atoms with Gasteiger partial charge in [0.2, 0.25) is 6.23 Å². The fourth-order valence-corrected chi connectivity index (χ4v) is 1.13. The molecule has 1 aromatic rings. The molecule has 0 heterocycles. The maximum absolute atomic E-state index is 11.6. The number of carbonyl (C=O) groups is 2. The molecule has 5 nitrogen and oxygen atoms in total. The van der Waals surface area contributed by atoms with Crippen LogP contribution in [0.2, 0.25) is 0 Å². The topological polar surface area (TPSA) is 75.6 Å². The Morgan fingerprint density at radius 1 is 1.38 bits per heavy atom. The number of carboxylic acids is 1. The minimum Gasteiger partial charge on any atom is -0.478 e. The second kappa shape index (κ2) is 5.87. The fraction of sp³-hybridized carbons (Fsp3) is 0.273. The van der Waals surface area contributed by atoms with E-state index in [1.807, 2.05) is 0 Å². The van der Waals surface area contributed by atoms with Gasteiger partial charge in [-0.25, -0.2) is 4.79 Å². The summed E-state index contributed by atoms with van der Waals surface area (Å²) in [7, 11) is 0. The molecule has 0 bridgehead atoms. The van der Waals surface area contributed by atoms with E-state index < -0.39 is 18.1 Å². The lowest BCUT2D eigenvalue weighted by atomic mass is 10.2. The van der Waals surface area contributed by atoms with Gasteiger partial charge < -0.3 is 15.2 Å². The van der Waals surface area contributed by atoms with Crippen LogP contribution in [0.25, 0.3) is 0 Å². The van der Waals surface area contributed by atoms with Crippen molar-refractivity contribution >= 4 is 11.9 Å². The molecule has 0 saturated heterocycles. The number of amides is 1. The number of carboxylic acid groups (broad SMARTS) is 1. The molecule has 1 aromatic carbocycles. The third-order valence-corrected chi connectivity index (χ3v) is 1.86. The maximum atomic E-state index is 11.6. The first-order chi connectivity index (χ1) is 7.65. The summed E-state index contributed by atoms with van der Waals surface area (Å²) in [6, 6.07) is 8.37. The Balaban J connectivity index is 2.65. The number of aliphatic carboxylic acids is 1. The van der Waals surface area contributed by atoms with E-state index in [9.17, 15) is 9.59 Å². The maximum Gasteiger partial charge on any atom is 0.354 e. The van der Waals surface area contributed by atoms with Crippen LogP contribution in [-0.4, -0.2) is 29.8 Å². The molecule has 0 spiro atoms. The van der Waals surface area contributed by atoms with Crippen molar-refractivity contribution in [3.8, 4) is 0 Å². The van der Waals surface area contributed by atoms with E-state index in [-0.39, 0.29) is 6.61 Å². The second-order valence-electron chi connectivity index (χ2n) is 3.01. The first-order valence-corrected chi connectivity index (χ1v) is 4.85. The third-order valence-electron chi connectivity index (χ3n) is 1.86. The van der Waals surface area contributed by atoms with Crippen LogP contribution >= 0.6 is 0 Å². The zero-order valence-electron chi connectivity index (χ0n) is 8.84. The molecule has 5 heteroatoms. The Labute approximate surface area is 93.0 Å². The van der Waals surface area contributed by atoms with E-state index in [1.165, 1.54) is 0 Å². The van der Waals surface area contributed by atoms with E-state index in [1.54, 1.807) is 37.3 Å². The van der Waals surface area contributed by atoms with Gasteiger partial charge >= 0.3 is 5.97 Å². The molecule has 86 valence electrons. The van der Waals surface area contributed by atoms with Crippen LogP contribution in [0.1, 0.15) is 17.3 Å². The van der Waals surface area contributed by atoms with Crippen molar-refractivity contribution < 1.29 is 19.4 Å². The summed E-state index contributed by atoms with van der Waals surface area (Å²) in [6.07, 6.45) is -1.31. The molecule has 1 atom stereocenters. The SMILES string of the molecule is CCOC(NC(=O)c1ccccc1)C(=O)O. The van der Waals surface area contributed by atoms with Crippen molar-refractivity contribution in [1.29, 1.82) is 0 Å². The normalized spacial score (nSPS) is 11.8. The van der Waals surface area contributed by atoms with Crippen LogP contribution in [-0.2, 0) is 9.53 Å². The smallest absolute Gasteiger partial charge is 0.354 e. The van der Waals surface area contributed by atoms with Crippen molar-refractivity contribution in [1.82, 2.24) is 5.32 Å². The predicted octanol–water partition coefficient (Wildman–Crippen LogP) is 0.864. The van der Waals surface area contributed by atoms with Crippen LogP contribution < -0.4 is 5.32 Å². The van der Waals surface area contributed by atoms with Crippen molar-refractivity contribution in [2.45, 2.75) is 13.2 Å². The number of ether oxygens (including phenoxy) is 1. The van der Waals surface area contributed by atoms with Crippen LogP contribution in [0.5, 0.6) is 0 Å². The van der Waals surface area contributed by atoms with Gasteiger partial charge in [-0.3, -0.25) is 4.79 Å². The highest BCUT2D eigenvalue weighted by atomic mass is 16.5. The fourth-order valence-electron chi connectivity index (χ4n) is 1.13. The monoisotopic (exact) mass is 223 g/mol. The number of nitrogens with one attached hydrogen (secondary N) is 1. The highest BCUT2D eigenvalue weighted by molar-refractivity contribution is 5.96. The van der Waals surface area contributed by atoms with E-state index in [0.717, 1.165) is 0 Å². The van der Waals surface area contributed by atoms with Gasteiger partial charge in [-0.1, -0.05) is 18.2 Å². The Bertz CT molecular complexity index is 364. The summed E-state index contributed by atoms with van der Waals surface area (Å²) in [5, 5.41) is 11.0. The highest BCUT2D eigenvalue weighted by Gasteiger charge is 2.20. The highest BCUT2D eigenvalue weighted by Crippen LogP contribution is 1.99. The molecule has 1 amide bonds. The molecule has 0 aliphatic carbocycles. The molecule has 0 fully saturated rings. The summed E-state index contributed by atoms with van der Waals surface area (Å²) in [4.78, 5) is 22.3. The summed E-state index contributed by atoms with van der Waals surface area (Å²) < 4.78 is 4.86. The molecular weight excluding hydrogens is 210 g/mol. The first kappa shape index (κ1) is 12.2. The van der Waals surface area contributed by atoms with E-state index >= 15 is 0 Å². The zero-order valence-corrected chi connectivity index (χ0v) is 8.84. The quantitative estimate of drug-likeness (QED) is 0.726. The van der Waals surface area contributed by atoms with Gasteiger partial charge in [-0.15, -0.1) is 0 Å². The van der Waals surface area contributed by atoms with Crippen molar-refractivity contribution in [3.05, 3.63) is 35.9 Å². The standard InChI is InChI=1S/C11H13NO4/c1-2-16-10(11(14)15)12-9(13)8-6-4-3-5-7-8/h3-7,10H,2H2,1H3,(H,12,13)(H,14,15). The average Bonchev–Trinajstić information content (AvgIpc) is 2.29. The van der Waals surface area contributed by atoms with Gasteiger partial charge in [0.25, 0.3) is 5.91 Å². The second-order valence-corrected chi connectivity index (χ2v) is 3.01. The minimum atomic E-state index is -1.31. The molecule has 0 aromatic heterocycles. The minimum absolute atomic E-state index is 0.214. The Kier molecular flexibility index (Phi) is 4.47. The van der Waals surface area contributed by atoms with Crippen molar-refractivity contribution in [2.75, 3.05) is 6.61 Å². The number of hydrogen-bond acceptors (Lipinski definition) is 3. The number of hydrogen-bond donors (Lipinski definition) is 2. The van der Waals surface area contributed by atoms with Crippen molar-refractivity contribution in [3.63, 3.8) is 0 Å². The molecule has 0 radical (unpaired) electrons. The lowest BCUT2D eigenvalue weighted by Gasteiger charge is -2.13. The summed E-state index contributed by atoms with van der Waals surface area (Å²) >= 11 is 0. The van der Waals surface area contributed by atoms with E-state index in [0.29, 0.717) is 5.56 Å². The van der Waals surface area contributed by atoms with E-state index in [2.05, 4.69) is 5.32 Å². The molecular formula is C11H13NO4. The third kappa shape index (κ3) is 3.36. The first-order valence-electron chi connectivity index (χ1n) is 4.85. The number of benzene rings is 1. The lowest BCUT2D eigenvalue weighted by Crippen LogP contribution is -2.42. The summed E-state index contributed by atoms with van der Waals surface area (Å²) in [5.74, 6) is -1.69.